The van der Waals surface area contributed by atoms with Gasteiger partial charge >= 0.3 is 0 Å². The van der Waals surface area contributed by atoms with Crippen molar-refractivity contribution in [1.29, 1.82) is 0 Å². The topological polar surface area (TPSA) is 24.5 Å². The van der Waals surface area contributed by atoms with Gasteiger partial charge in [-0.05, 0) is 19.1 Å². The van der Waals surface area contributed by atoms with Crippen LogP contribution in [0.2, 0.25) is 0 Å². The summed E-state index contributed by atoms with van der Waals surface area (Å²) in [4.78, 5) is 2.41. The predicted molar refractivity (Wildman–Crippen MR) is 72.7 cm³/mol. The van der Waals surface area contributed by atoms with E-state index < -0.39 is 0 Å². The van der Waals surface area contributed by atoms with Crippen molar-refractivity contribution >= 4 is 0 Å². The number of allylic oxidation sites excluding steroid dienone is 3. The third-order valence-corrected chi connectivity index (χ3v) is 2.88. The molecule has 0 aromatic heterocycles. The molecular weight excluding hydrogens is 212 g/mol. The van der Waals surface area contributed by atoms with E-state index in [-0.39, 0.29) is 0 Å². The molecule has 0 aromatic carbocycles. The van der Waals surface area contributed by atoms with Crippen LogP contribution in [0.4, 0.5) is 0 Å². The molecule has 3 nitrogen and oxygen atoms in total. The molecule has 17 heavy (non-hydrogen) atoms. The summed E-state index contributed by atoms with van der Waals surface area (Å²) in [6, 6.07) is 0.466. The molecule has 2 aliphatic heterocycles. The highest BCUT2D eigenvalue weighted by Crippen LogP contribution is 2.26. The van der Waals surface area contributed by atoms with Gasteiger partial charge in [0.1, 0.15) is 12.4 Å². The van der Waals surface area contributed by atoms with Crippen molar-refractivity contribution < 1.29 is 4.74 Å². The zero-order valence-corrected chi connectivity index (χ0v) is 11.2. The number of nitrogens with one attached hydrogen (secondary N) is 1. The average Bonchev–Trinajstić information content (AvgIpc) is 2.42. The van der Waals surface area contributed by atoms with Gasteiger partial charge in [-0.3, -0.25) is 0 Å². The molecular formula is C14H24N2O. The van der Waals surface area contributed by atoms with E-state index in [9.17, 15) is 0 Å². The number of morpholine rings is 1. The molecule has 0 bridgehead atoms. The van der Waals surface area contributed by atoms with Crippen LogP contribution >= 0.6 is 0 Å². The van der Waals surface area contributed by atoms with E-state index in [0.29, 0.717) is 6.04 Å². The van der Waals surface area contributed by atoms with Crippen LogP contribution in [0.15, 0.2) is 36.3 Å². The highest BCUT2D eigenvalue weighted by atomic mass is 16.5. The highest BCUT2D eigenvalue weighted by molar-refractivity contribution is 5.30. The van der Waals surface area contributed by atoms with Crippen molar-refractivity contribution in [3.63, 3.8) is 0 Å². The molecule has 1 unspecified atom stereocenters. The molecule has 2 rings (SSSR count). The van der Waals surface area contributed by atoms with Crippen LogP contribution in [-0.4, -0.2) is 37.2 Å². The quantitative estimate of drug-likeness (QED) is 0.756. The van der Waals surface area contributed by atoms with Gasteiger partial charge in [0.25, 0.3) is 0 Å². The van der Waals surface area contributed by atoms with Crippen LogP contribution in [-0.2, 0) is 4.74 Å². The molecule has 2 fully saturated rings. The van der Waals surface area contributed by atoms with Gasteiger partial charge in [0.2, 0.25) is 0 Å². The Morgan fingerprint density at radius 1 is 1.47 bits per heavy atom. The second kappa shape index (κ2) is 7.17. The lowest BCUT2D eigenvalue weighted by Gasteiger charge is -2.43. The van der Waals surface area contributed by atoms with Crippen LogP contribution in [0.1, 0.15) is 20.8 Å². The molecule has 1 atom stereocenters. The molecule has 0 spiro atoms. The molecule has 0 saturated carbocycles. The maximum atomic E-state index is 5.73. The largest absolute Gasteiger partial charge is 0.490 e. The first-order chi connectivity index (χ1) is 8.36. The van der Waals surface area contributed by atoms with Crippen LogP contribution < -0.4 is 5.32 Å². The minimum atomic E-state index is 0.466. The second-order valence-electron chi connectivity index (χ2n) is 3.80. The van der Waals surface area contributed by atoms with E-state index in [0.717, 1.165) is 32.0 Å². The lowest BCUT2D eigenvalue weighted by Crippen LogP contribution is -2.55. The Hall–Kier alpha value is -1.22. The fourth-order valence-electron chi connectivity index (χ4n) is 2.15. The van der Waals surface area contributed by atoms with Gasteiger partial charge in [0, 0.05) is 19.6 Å². The Bertz CT molecular complexity index is 307. The second-order valence-corrected chi connectivity index (χ2v) is 3.80. The molecule has 0 aliphatic carbocycles. The standard InChI is InChI=1S/C12H18N2O.C2H6/c1-3-5-11-12(4-2)15-9-10-8-13-6-7-14(10)11;1-2/h3-5,10,13H,1,6-9H2,2H3;1-2H3/b11-5+,12-4+;. The minimum Gasteiger partial charge on any atom is -0.490 e. The lowest BCUT2D eigenvalue weighted by atomic mass is 10.1. The maximum absolute atomic E-state index is 5.73. The third-order valence-electron chi connectivity index (χ3n) is 2.88. The number of fused-ring (bicyclic) bond motifs is 1. The van der Waals surface area contributed by atoms with E-state index in [1.165, 1.54) is 5.70 Å². The van der Waals surface area contributed by atoms with Gasteiger partial charge < -0.3 is 15.0 Å². The van der Waals surface area contributed by atoms with Crippen molar-refractivity contribution in [1.82, 2.24) is 10.2 Å². The van der Waals surface area contributed by atoms with Gasteiger partial charge in [-0.15, -0.1) is 0 Å². The number of ether oxygens (including phenoxy) is 1. The molecule has 2 saturated heterocycles. The zero-order chi connectivity index (χ0) is 12.7. The Kier molecular flexibility index (Phi) is 5.84. The first kappa shape index (κ1) is 13.8. The molecule has 2 heterocycles. The first-order valence-corrected chi connectivity index (χ1v) is 6.46. The lowest BCUT2D eigenvalue weighted by molar-refractivity contribution is 0.0587. The van der Waals surface area contributed by atoms with E-state index in [1.807, 2.05) is 39.0 Å². The SMILES string of the molecule is C=C/C=C1\C(=C/C)OCC2CNCCN12.CC. The number of nitrogens with zero attached hydrogens (tertiary/aromatic N) is 1. The van der Waals surface area contributed by atoms with E-state index >= 15 is 0 Å². The summed E-state index contributed by atoms with van der Waals surface area (Å²) in [6.07, 6.45) is 5.88. The Morgan fingerprint density at radius 3 is 2.88 bits per heavy atom. The summed E-state index contributed by atoms with van der Waals surface area (Å²) >= 11 is 0. The van der Waals surface area contributed by atoms with Crippen molar-refractivity contribution in [3.8, 4) is 0 Å². The zero-order valence-electron chi connectivity index (χ0n) is 11.2. The summed E-state index contributed by atoms with van der Waals surface area (Å²) in [6.45, 7) is 13.6. The molecule has 96 valence electrons. The summed E-state index contributed by atoms with van der Waals surface area (Å²) < 4.78 is 5.73. The van der Waals surface area contributed by atoms with E-state index in [1.54, 1.807) is 0 Å². The number of hydrogen-bond acceptors (Lipinski definition) is 3. The van der Waals surface area contributed by atoms with Crippen molar-refractivity contribution in [2.24, 2.45) is 0 Å². The van der Waals surface area contributed by atoms with Crippen LogP contribution in [0.5, 0.6) is 0 Å². The van der Waals surface area contributed by atoms with Gasteiger partial charge in [0.05, 0.1) is 11.7 Å². The summed E-state index contributed by atoms with van der Waals surface area (Å²) in [5.74, 6) is 0.980. The maximum Gasteiger partial charge on any atom is 0.138 e. The smallest absolute Gasteiger partial charge is 0.138 e. The third kappa shape index (κ3) is 3.13. The van der Waals surface area contributed by atoms with Crippen molar-refractivity contribution in [2.45, 2.75) is 26.8 Å². The van der Waals surface area contributed by atoms with Crippen LogP contribution in [0.25, 0.3) is 0 Å². The normalized spacial score (nSPS) is 27.9. The Balaban J connectivity index is 0.000000686. The van der Waals surface area contributed by atoms with Gasteiger partial charge in [-0.2, -0.15) is 0 Å². The van der Waals surface area contributed by atoms with Gasteiger partial charge in [-0.25, -0.2) is 0 Å². The molecule has 3 heteroatoms. The Labute approximate surface area is 105 Å². The summed E-state index contributed by atoms with van der Waals surface area (Å²) in [7, 11) is 0. The fourth-order valence-corrected chi connectivity index (χ4v) is 2.15. The van der Waals surface area contributed by atoms with Crippen molar-refractivity contribution in [3.05, 3.63) is 36.3 Å². The average molecular weight is 236 g/mol. The summed E-state index contributed by atoms with van der Waals surface area (Å²) in [5.41, 5.74) is 1.17. The van der Waals surface area contributed by atoms with Crippen LogP contribution in [0, 0.1) is 0 Å². The highest BCUT2D eigenvalue weighted by Gasteiger charge is 2.30. The molecule has 0 aromatic rings. The first-order valence-electron chi connectivity index (χ1n) is 6.46. The van der Waals surface area contributed by atoms with Crippen LogP contribution in [0.3, 0.4) is 0 Å². The Morgan fingerprint density at radius 2 is 2.24 bits per heavy atom. The van der Waals surface area contributed by atoms with E-state index in [4.69, 9.17) is 4.74 Å². The van der Waals surface area contributed by atoms with Gasteiger partial charge in [0.15, 0.2) is 0 Å². The minimum absolute atomic E-state index is 0.466. The predicted octanol–water partition coefficient (Wildman–Crippen LogP) is 2.29. The molecule has 0 amide bonds. The number of hydrogen-bond donors (Lipinski definition) is 1. The summed E-state index contributed by atoms with van der Waals surface area (Å²) in [5, 5.41) is 3.39. The van der Waals surface area contributed by atoms with E-state index in [2.05, 4.69) is 16.8 Å². The number of piperazine rings is 1. The number of rotatable bonds is 1. The van der Waals surface area contributed by atoms with Gasteiger partial charge in [-0.1, -0.05) is 26.5 Å². The van der Waals surface area contributed by atoms with Crippen molar-refractivity contribution in [2.75, 3.05) is 26.2 Å². The molecule has 2 aliphatic rings. The monoisotopic (exact) mass is 236 g/mol. The molecule has 0 radical (unpaired) electrons. The fraction of sp³-hybridized carbons (Fsp3) is 0.571. The molecule has 1 N–H and O–H groups in total.